The minimum Gasteiger partial charge on any atom is -0.497 e. The van der Waals surface area contributed by atoms with Crippen LogP contribution in [0.15, 0.2) is 48.5 Å². The molecule has 0 radical (unpaired) electrons. The van der Waals surface area contributed by atoms with Crippen LogP contribution in [0.3, 0.4) is 0 Å². The Bertz CT molecular complexity index is 845. The summed E-state index contributed by atoms with van der Waals surface area (Å²) < 4.78 is 12.2. The second kappa shape index (κ2) is 7.43. The molecule has 0 aliphatic rings. The Balaban J connectivity index is 1.92. The van der Waals surface area contributed by atoms with Crippen LogP contribution < -0.4 is 14.8 Å². The maximum absolute atomic E-state index is 5.22. The van der Waals surface area contributed by atoms with Crippen molar-refractivity contribution in [1.82, 2.24) is 20.2 Å². The van der Waals surface area contributed by atoms with E-state index in [4.69, 9.17) is 9.47 Å². The zero-order chi connectivity index (χ0) is 18.6. The van der Waals surface area contributed by atoms with Crippen molar-refractivity contribution >= 4 is 5.69 Å². The van der Waals surface area contributed by atoms with Gasteiger partial charge >= 0.3 is 0 Å². The van der Waals surface area contributed by atoms with Crippen LogP contribution in [0.25, 0.3) is 5.69 Å². The summed E-state index contributed by atoms with van der Waals surface area (Å²) in [4.78, 5) is 0. The predicted molar refractivity (Wildman–Crippen MR) is 100.0 cm³/mol. The van der Waals surface area contributed by atoms with Crippen LogP contribution in [0.5, 0.6) is 11.5 Å². The Morgan fingerprint density at radius 3 is 2.08 bits per heavy atom. The largest absolute Gasteiger partial charge is 0.497 e. The van der Waals surface area contributed by atoms with Gasteiger partial charge in [0.2, 0.25) is 0 Å². The van der Waals surface area contributed by atoms with Gasteiger partial charge in [-0.25, -0.2) is 0 Å². The van der Waals surface area contributed by atoms with Crippen LogP contribution >= 0.6 is 0 Å². The molecule has 0 amide bonds. The summed E-state index contributed by atoms with van der Waals surface area (Å²) in [6, 6.07) is 15.4. The molecule has 7 heteroatoms. The molecule has 0 fully saturated rings. The van der Waals surface area contributed by atoms with Gasteiger partial charge in [0.15, 0.2) is 5.82 Å². The zero-order valence-corrected chi connectivity index (χ0v) is 15.4. The number of hydrogen-bond acceptors (Lipinski definition) is 6. The normalized spacial score (nSPS) is 13.1. The van der Waals surface area contributed by atoms with Gasteiger partial charge in [-0.1, -0.05) is 6.92 Å². The number of benzene rings is 2. The fourth-order valence-corrected chi connectivity index (χ4v) is 2.72. The van der Waals surface area contributed by atoms with Crippen molar-refractivity contribution < 1.29 is 9.47 Å². The Kier molecular flexibility index (Phi) is 5.06. The molecule has 3 aromatic rings. The van der Waals surface area contributed by atoms with Crippen molar-refractivity contribution in [3.05, 3.63) is 54.4 Å². The van der Waals surface area contributed by atoms with Gasteiger partial charge in [0.1, 0.15) is 11.5 Å². The zero-order valence-electron chi connectivity index (χ0n) is 15.4. The highest BCUT2D eigenvalue weighted by atomic mass is 16.5. The average Bonchev–Trinajstić information content (AvgIpc) is 3.19. The van der Waals surface area contributed by atoms with Gasteiger partial charge in [0, 0.05) is 5.69 Å². The highest BCUT2D eigenvalue weighted by Crippen LogP contribution is 2.30. The number of aromatic nitrogens is 4. The predicted octanol–water partition coefficient (Wildman–Crippen LogP) is 3.42. The molecule has 1 aromatic heterocycles. The lowest BCUT2D eigenvalue weighted by atomic mass is 9.97. The molecular weight excluding hydrogens is 330 g/mol. The van der Waals surface area contributed by atoms with Gasteiger partial charge in [0.25, 0.3) is 0 Å². The first-order valence-electron chi connectivity index (χ1n) is 8.45. The first-order valence-corrected chi connectivity index (χ1v) is 8.45. The van der Waals surface area contributed by atoms with Crippen molar-refractivity contribution in [2.24, 2.45) is 0 Å². The lowest BCUT2D eigenvalue weighted by Crippen LogP contribution is -2.34. The molecule has 136 valence electrons. The van der Waals surface area contributed by atoms with E-state index in [-0.39, 0.29) is 0 Å². The third kappa shape index (κ3) is 3.46. The fraction of sp³-hybridized carbons (Fsp3) is 0.316. The van der Waals surface area contributed by atoms with Crippen LogP contribution in [0.4, 0.5) is 5.69 Å². The van der Waals surface area contributed by atoms with Gasteiger partial charge < -0.3 is 14.8 Å². The number of rotatable bonds is 7. The number of nitrogens with one attached hydrogen (secondary N) is 1. The number of nitrogens with zero attached hydrogens (tertiary/aromatic N) is 4. The first kappa shape index (κ1) is 17.7. The summed E-state index contributed by atoms with van der Waals surface area (Å²) in [6.07, 6.45) is 0.801. The number of methoxy groups -OCH3 is 2. The van der Waals surface area contributed by atoms with Crippen LogP contribution in [0, 0.1) is 0 Å². The standard InChI is InChI=1S/C19H23N5O2/c1-5-19(2,20-14-6-10-16(25-3)11-7-14)18-21-22-23-24(18)15-8-12-17(26-4)13-9-15/h6-13,20H,5H2,1-4H3. The Morgan fingerprint density at radius 1 is 0.962 bits per heavy atom. The molecule has 0 bridgehead atoms. The minimum atomic E-state index is -0.446. The number of tetrazole rings is 1. The highest BCUT2D eigenvalue weighted by molar-refractivity contribution is 5.49. The van der Waals surface area contributed by atoms with Gasteiger partial charge in [-0.05, 0) is 72.3 Å². The number of anilines is 1. The molecule has 1 heterocycles. The molecule has 0 saturated heterocycles. The van der Waals surface area contributed by atoms with Crippen molar-refractivity contribution in [3.63, 3.8) is 0 Å². The fourth-order valence-electron chi connectivity index (χ4n) is 2.72. The van der Waals surface area contributed by atoms with Crippen LogP contribution in [-0.2, 0) is 5.54 Å². The Hall–Kier alpha value is -3.09. The summed E-state index contributed by atoms with van der Waals surface area (Å²) in [5.74, 6) is 2.34. The molecule has 3 rings (SSSR count). The second-order valence-electron chi connectivity index (χ2n) is 6.15. The van der Waals surface area contributed by atoms with Crippen molar-refractivity contribution in [2.75, 3.05) is 19.5 Å². The molecule has 0 saturated carbocycles. The quantitative estimate of drug-likeness (QED) is 0.701. The minimum absolute atomic E-state index is 0.446. The SMILES string of the molecule is CCC(C)(Nc1ccc(OC)cc1)c1nnnn1-c1ccc(OC)cc1. The molecule has 1 N–H and O–H groups in total. The molecule has 1 unspecified atom stereocenters. The van der Waals surface area contributed by atoms with E-state index in [9.17, 15) is 0 Å². The Morgan fingerprint density at radius 2 is 1.54 bits per heavy atom. The average molecular weight is 353 g/mol. The van der Waals surface area contributed by atoms with E-state index in [2.05, 4.69) is 34.7 Å². The first-order chi connectivity index (χ1) is 12.6. The molecular formula is C19H23N5O2. The van der Waals surface area contributed by atoms with Crippen molar-refractivity contribution in [1.29, 1.82) is 0 Å². The molecule has 2 aromatic carbocycles. The topological polar surface area (TPSA) is 74.1 Å². The van der Waals surface area contributed by atoms with E-state index in [1.807, 2.05) is 48.5 Å². The summed E-state index contributed by atoms with van der Waals surface area (Å²) in [7, 11) is 3.30. The summed E-state index contributed by atoms with van der Waals surface area (Å²) in [5, 5.41) is 15.9. The van der Waals surface area contributed by atoms with E-state index < -0.39 is 5.54 Å². The molecule has 1 atom stereocenters. The smallest absolute Gasteiger partial charge is 0.181 e. The summed E-state index contributed by atoms with van der Waals surface area (Å²) >= 11 is 0. The van der Waals surface area contributed by atoms with Crippen molar-refractivity contribution in [3.8, 4) is 17.2 Å². The molecule has 0 aliphatic heterocycles. The lowest BCUT2D eigenvalue weighted by Gasteiger charge is -2.29. The lowest BCUT2D eigenvalue weighted by molar-refractivity contribution is 0.414. The van der Waals surface area contributed by atoms with E-state index in [0.29, 0.717) is 0 Å². The third-order valence-electron chi connectivity index (χ3n) is 4.50. The van der Waals surface area contributed by atoms with E-state index >= 15 is 0 Å². The van der Waals surface area contributed by atoms with Gasteiger partial charge in [-0.15, -0.1) is 5.10 Å². The van der Waals surface area contributed by atoms with Gasteiger partial charge in [-0.2, -0.15) is 4.68 Å². The van der Waals surface area contributed by atoms with Crippen LogP contribution in [0.1, 0.15) is 26.1 Å². The number of hydrogen-bond donors (Lipinski definition) is 1. The highest BCUT2D eigenvalue weighted by Gasteiger charge is 2.31. The Labute approximate surface area is 152 Å². The van der Waals surface area contributed by atoms with Crippen LogP contribution in [0.2, 0.25) is 0 Å². The maximum Gasteiger partial charge on any atom is 0.181 e. The molecule has 0 aliphatic carbocycles. The summed E-state index contributed by atoms with van der Waals surface area (Å²) in [5.41, 5.74) is 1.40. The van der Waals surface area contributed by atoms with E-state index in [0.717, 1.165) is 35.1 Å². The third-order valence-corrected chi connectivity index (χ3v) is 4.50. The molecule has 26 heavy (non-hydrogen) atoms. The van der Waals surface area contributed by atoms with E-state index in [1.165, 1.54) is 0 Å². The van der Waals surface area contributed by atoms with Gasteiger partial charge in [0.05, 0.1) is 25.4 Å². The van der Waals surface area contributed by atoms with Crippen LogP contribution in [-0.4, -0.2) is 34.4 Å². The molecule has 0 spiro atoms. The monoisotopic (exact) mass is 353 g/mol. The van der Waals surface area contributed by atoms with E-state index in [1.54, 1.807) is 18.9 Å². The molecule has 7 nitrogen and oxygen atoms in total. The number of ether oxygens (including phenoxy) is 2. The van der Waals surface area contributed by atoms with Gasteiger partial charge in [-0.3, -0.25) is 0 Å². The second-order valence-corrected chi connectivity index (χ2v) is 6.15. The summed E-state index contributed by atoms with van der Waals surface area (Å²) in [6.45, 7) is 4.19. The van der Waals surface area contributed by atoms with Crippen molar-refractivity contribution in [2.45, 2.75) is 25.8 Å². The maximum atomic E-state index is 5.22.